The van der Waals surface area contributed by atoms with Gasteiger partial charge in [-0.15, -0.1) is 0 Å². The smallest absolute Gasteiger partial charge is 0.240 e. The minimum atomic E-state index is 0.556. The molecule has 11 rings (SSSR count). The lowest BCUT2D eigenvalue weighted by Gasteiger charge is -2.15. The Morgan fingerprint density at radius 2 is 0.686 bits per heavy atom. The minimum Gasteiger partial charge on any atom is -0.307 e. The molecule has 0 unspecified atom stereocenters. The van der Waals surface area contributed by atoms with Crippen molar-refractivity contribution in [2.24, 2.45) is 0 Å². The van der Waals surface area contributed by atoms with E-state index in [1.165, 1.54) is 10.8 Å². The lowest BCUT2D eigenvalue weighted by atomic mass is 10.1. The number of para-hydroxylation sites is 6. The second-order valence-electron chi connectivity index (χ2n) is 12.9. The van der Waals surface area contributed by atoms with Gasteiger partial charge in [0, 0.05) is 37.9 Å². The van der Waals surface area contributed by atoms with Crippen molar-refractivity contribution >= 4 is 65.4 Å². The standard InChI is InChI=1S/C45H28N6/c1-2-15-29(16-3-1)43-46-44(50-38-25-11-6-19-32(38)33-20-7-12-26-39(33)50)48-45(47-43)51-40-27-13-8-21-34(40)35-22-14-28-41(42(35)51)49-36-23-9-4-17-30(36)31-18-5-10-24-37(31)49/h1-28H. The summed E-state index contributed by atoms with van der Waals surface area (Å²) in [6, 6.07) is 59.5. The first-order chi connectivity index (χ1) is 25.3. The van der Waals surface area contributed by atoms with Crippen LogP contribution in [0.4, 0.5) is 0 Å². The van der Waals surface area contributed by atoms with Crippen molar-refractivity contribution in [2.45, 2.75) is 0 Å². The second kappa shape index (κ2) is 10.7. The number of hydrogen-bond donors (Lipinski definition) is 0. The van der Waals surface area contributed by atoms with E-state index < -0.39 is 0 Å². The summed E-state index contributed by atoms with van der Waals surface area (Å²) in [5.41, 5.74) is 8.42. The highest BCUT2D eigenvalue weighted by Crippen LogP contribution is 2.39. The largest absolute Gasteiger partial charge is 0.307 e. The van der Waals surface area contributed by atoms with Crippen LogP contribution in [-0.4, -0.2) is 28.7 Å². The molecule has 0 N–H and O–H groups in total. The van der Waals surface area contributed by atoms with Gasteiger partial charge in [-0.25, -0.2) is 0 Å². The highest BCUT2D eigenvalue weighted by molar-refractivity contribution is 6.15. The van der Waals surface area contributed by atoms with Crippen LogP contribution in [0.5, 0.6) is 0 Å². The lowest BCUT2D eigenvalue weighted by molar-refractivity contribution is 0.891. The molecule has 0 aliphatic heterocycles. The molecule has 0 bridgehead atoms. The average Bonchev–Trinajstić information content (AvgIpc) is 3.84. The SMILES string of the molecule is c1ccc(-c2nc(-n3c4ccccc4c4ccccc43)nc(-n3c4ccccc4c4cccc(-n5c6ccccc6c6ccccc65)c43)n2)cc1. The molecule has 4 aromatic heterocycles. The third-order valence-electron chi connectivity index (χ3n) is 10.1. The third-order valence-corrected chi connectivity index (χ3v) is 10.1. The van der Waals surface area contributed by atoms with Crippen molar-refractivity contribution in [3.63, 3.8) is 0 Å². The highest BCUT2D eigenvalue weighted by Gasteiger charge is 2.23. The minimum absolute atomic E-state index is 0.556. The number of nitrogens with zero attached hydrogens (tertiary/aromatic N) is 6. The Bertz CT molecular complexity index is 3040. The van der Waals surface area contributed by atoms with Gasteiger partial charge in [-0.3, -0.25) is 9.13 Å². The second-order valence-corrected chi connectivity index (χ2v) is 12.9. The maximum atomic E-state index is 5.39. The first-order valence-electron chi connectivity index (χ1n) is 17.1. The van der Waals surface area contributed by atoms with Gasteiger partial charge < -0.3 is 4.57 Å². The molecule has 0 fully saturated rings. The summed E-state index contributed by atoms with van der Waals surface area (Å²) in [6.07, 6.45) is 0. The molecule has 7 aromatic carbocycles. The molecule has 0 saturated carbocycles. The molecular formula is C45H28N6. The number of fused-ring (bicyclic) bond motifs is 9. The zero-order chi connectivity index (χ0) is 33.5. The van der Waals surface area contributed by atoms with Gasteiger partial charge >= 0.3 is 0 Å². The molecule has 0 aliphatic carbocycles. The van der Waals surface area contributed by atoms with E-state index in [2.05, 4.69) is 165 Å². The predicted octanol–water partition coefficient (Wildman–Crippen LogP) is 10.8. The Labute approximate surface area is 292 Å². The van der Waals surface area contributed by atoms with Crippen LogP contribution in [0.25, 0.3) is 94.4 Å². The first kappa shape index (κ1) is 27.9. The van der Waals surface area contributed by atoms with Gasteiger partial charge in [0.1, 0.15) is 0 Å². The molecule has 11 aromatic rings. The van der Waals surface area contributed by atoms with Crippen LogP contribution in [0.3, 0.4) is 0 Å². The predicted molar refractivity (Wildman–Crippen MR) is 208 cm³/mol. The highest BCUT2D eigenvalue weighted by atomic mass is 15.3. The lowest BCUT2D eigenvalue weighted by Crippen LogP contribution is -2.11. The summed E-state index contributed by atoms with van der Waals surface area (Å²) in [5, 5.41) is 7.00. The van der Waals surface area contributed by atoms with Crippen molar-refractivity contribution in [1.82, 2.24) is 28.7 Å². The van der Waals surface area contributed by atoms with E-state index in [4.69, 9.17) is 15.0 Å². The fraction of sp³-hybridized carbons (Fsp3) is 0. The maximum Gasteiger partial charge on any atom is 0.240 e. The first-order valence-corrected chi connectivity index (χ1v) is 17.1. The van der Waals surface area contributed by atoms with Crippen molar-refractivity contribution < 1.29 is 0 Å². The van der Waals surface area contributed by atoms with Gasteiger partial charge in [0.2, 0.25) is 11.9 Å². The van der Waals surface area contributed by atoms with Gasteiger partial charge in [0.05, 0.1) is 38.8 Å². The summed E-state index contributed by atoms with van der Waals surface area (Å²) < 4.78 is 6.79. The molecule has 0 amide bonds. The average molecular weight is 653 g/mol. The van der Waals surface area contributed by atoms with E-state index in [-0.39, 0.29) is 0 Å². The van der Waals surface area contributed by atoms with Crippen LogP contribution < -0.4 is 0 Å². The fourth-order valence-electron chi connectivity index (χ4n) is 7.98. The monoisotopic (exact) mass is 652 g/mol. The molecule has 238 valence electrons. The van der Waals surface area contributed by atoms with Gasteiger partial charge in [-0.05, 0) is 36.4 Å². The summed E-state index contributed by atoms with van der Waals surface area (Å²) in [4.78, 5) is 15.9. The molecular weight excluding hydrogens is 625 g/mol. The van der Waals surface area contributed by atoms with Crippen LogP contribution in [-0.2, 0) is 0 Å². The summed E-state index contributed by atoms with van der Waals surface area (Å²) in [6.45, 7) is 0. The molecule has 6 nitrogen and oxygen atoms in total. The molecule has 6 heteroatoms. The molecule has 0 aliphatic rings. The fourth-order valence-corrected chi connectivity index (χ4v) is 7.98. The third kappa shape index (κ3) is 4.01. The Balaban J connectivity index is 1.29. The molecule has 0 spiro atoms. The van der Waals surface area contributed by atoms with Crippen molar-refractivity contribution in [2.75, 3.05) is 0 Å². The molecule has 0 radical (unpaired) electrons. The Hall–Kier alpha value is -7.05. The zero-order valence-electron chi connectivity index (χ0n) is 27.3. The quantitative estimate of drug-likeness (QED) is 0.190. The van der Waals surface area contributed by atoms with E-state index in [1.54, 1.807) is 0 Å². The van der Waals surface area contributed by atoms with Crippen LogP contribution in [0.15, 0.2) is 170 Å². The number of aromatic nitrogens is 6. The van der Waals surface area contributed by atoms with Crippen LogP contribution in [0.1, 0.15) is 0 Å². The molecule has 0 saturated heterocycles. The van der Waals surface area contributed by atoms with E-state index in [0.29, 0.717) is 17.7 Å². The Kier molecular flexibility index (Phi) is 5.86. The summed E-state index contributed by atoms with van der Waals surface area (Å²) in [5.74, 6) is 1.73. The maximum absolute atomic E-state index is 5.39. The van der Waals surface area contributed by atoms with Gasteiger partial charge in [0.25, 0.3) is 0 Å². The number of rotatable bonds is 4. The van der Waals surface area contributed by atoms with Crippen LogP contribution in [0.2, 0.25) is 0 Å². The van der Waals surface area contributed by atoms with E-state index >= 15 is 0 Å². The molecule has 0 atom stereocenters. The molecule has 4 heterocycles. The summed E-state index contributed by atoms with van der Waals surface area (Å²) >= 11 is 0. The number of hydrogen-bond acceptors (Lipinski definition) is 3. The van der Waals surface area contributed by atoms with Crippen LogP contribution in [0, 0.1) is 0 Å². The van der Waals surface area contributed by atoms with Gasteiger partial charge in [-0.1, -0.05) is 133 Å². The van der Waals surface area contributed by atoms with Crippen molar-refractivity contribution in [1.29, 1.82) is 0 Å². The van der Waals surface area contributed by atoms with Crippen molar-refractivity contribution in [3.05, 3.63) is 170 Å². The normalized spacial score (nSPS) is 11.9. The topological polar surface area (TPSA) is 53.5 Å². The number of benzene rings is 7. The zero-order valence-corrected chi connectivity index (χ0v) is 27.3. The molecule has 51 heavy (non-hydrogen) atoms. The van der Waals surface area contributed by atoms with E-state index in [0.717, 1.165) is 65.9 Å². The summed E-state index contributed by atoms with van der Waals surface area (Å²) in [7, 11) is 0. The van der Waals surface area contributed by atoms with Crippen molar-refractivity contribution in [3.8, 4) is 29.0 Å². The van der Waals surface area contributed by atoms with Gasteiger partial charge in [0.15, 0.2) is 5.82 Å². The van der Waals surface area contributed by atoms with Crippen LogP contribution >= 0.6 is 0 Å². The van der Waals surface area contributed by atoms with Gasteiger partial charge in [-0.2, -0.15) is 15.0 Å². The van der Waals surface area contributed by atoms with E-state index in [9.17, 15) is 0 Å². The Morgan fingerprint density at radius 3 is 1.22 bits per heavy atom. The Morgan fingerprint density at radius 1 is 0.294 bits per heavy atom. The van der Waals surface area contributed by atoms with E-state index in [1.807, 2.05) is 18.2 Å².